The number of unbranched alkanes of at least 4 members (excludes halogenated alkanes) is 1. The van der Waals surface area contributed by atoms with Crippen LogP contribution in [0.3, 0.4) is 0 Å². The molecular weight excluding hydrogens is 352 g/mol. The Morgan fingerprint density at radius 2 is 1.81 bits per heavy atom. The predicted molar refractivity (Wildman–Crippen MR) is 85.8 cm³/mol. The average molecular weight is 380 g/mol. The Labute approximate surface area is 151 Å². The molecule has 0 radical (unpaired) electrons. The van der Waals surface area contributed by atoms with Crippen LogP contribution in [0.4, 0.5) is 0 Å². The molecule has 1 saturated heterocycles. The van der Waals surface area contributed by atoms with Crippen molar-refractivity contribution in [2.24, 2.45) is 0 Å². The summed E-state index contributed by atoms with van der Waals surface area (Å²) in [6.07, 6.45) is -6.40. The van der Waals surface area contributed by atoms with Gasteiger partial charge >= 0.3 is 11.9 Å². The van der Waals surface area contributed by atoms with Crippen molar-refractivity contribution < 1.29 is 49.0 Å². The number of ether oxygens (including phenoxy) is 4. The van der Waals surface area contributed by atoms with Gasteiger partial charge in [-0.15, -0.1) is 0 Å². The van der Waals surface area contributed by atoms with Crippen molar-refractivity contribution in [2.75, 3.05) is 19.8 Å². The first-order valence-electron chi connectivity index (χ1n) is 8.55. The Hall–Kier alpha value is -1.30. The highest BCUT2D eigenvalue weighted by Crippen LogP contribution is 2.22. The predicted octanol–water partition coefficient (Wildman–Crippen LogP) is -1.53. The van der Waals surface area contributed by atoms with Gasteiger partial charge in [0.25, 0.3) is 0 Å². The van der Waals surface area contributed by atoms with Gasteiger partial charge in [-0.05, 0) is 6.42 Å². The van der Waals surface area contributed by atoms with E-state index in [2.05, 4.69) is 0 Å². The van der Waals surface area contributed by atoms with Gasteiger partial charge in [-0.1, -0.05) is 13.3 Å². The van der Waals surface area contributed by atoms with Crippen molar-refractivity contribution in [3.05, 3.63) is 0 Å². The molecule has 26 heavy (non-hydrogen) atoms. The molecule has 0 bridgehead atoms. The van der Waals surface area contributed by atoms with Gasteiger partial charge in [-0.3, -0.25) is 9.59 Å². The fourth-order valence-corrected chi connectivity index (χ4v) is 2.30. The van der Waals surface area contributed by atoms with E-state index in [1.807, 2.05) is 6.92 Å². The molecule has 10 nitrogen and oxygen atoms in total. The van der Waals surface area contributed by atoms with Crippen LogP contribution in [0.15, 0.2) is 0 Å². The van der Waals surface area contributed by atoms with Crippen molar-refractivity contribution >= 4 is 11.9 Å². The molecule has 1 aliphatic rings. The second-order valence-corrected chi connectivity index (χ2v) is 6.05. The number of hydrogen-bond donors (Lipinski definition) is 4. The van der Waals surface area contributed by atoms with Gasteiger partial charge in [-0.2, -0.15) is 0 Å². The van der Waals surface area contributed by atoms with E-state index in [0.29, 0.717) is 6.42 Å². The van der Waals surface area contributed by atoms with Crippen molar-refractivity contribution in [1.82, 2.24) is 0 Å². The lowest BCUT2D eigenvalue weighted by atomic mass is 9.99. The van der Waals surface area contributed by atoms with Crippen molar-refractivity contribution in [1.29, 1.82) is 0 Å². The third-order valence-corrected chi connectivity index (χ3v) is 3.80. The Morgan fingerprint density at radius 3 is 2.38 bits per heavy atom. The highest BCUT2D eigenvalue weighted by Gasteiger charge is 2.44. The Kier molecular flexibility index (Phi) is 9.99. The molecule has 6 atom stereocenters. The summed E-state index contributed by atoms with van der Waals surface area (Å²) in [7, 11) is 0. The average Bonchev–Trinajstić information content (AvgIpc) is 2.61. The van der Waals surface area contributed by atoms with Crippen LogP contribution < -0.4 is 0 Å². The van der Waals surface area contributed by atoms with E-state index in [4.69, 9.17) is 24.1 Å². The van der Waals surface area contributed by atoms with E-state index in [-0.39, 0.29) is 19.6 Å². The highest BCUT2D eigenvalue weighted by atomic mass is 16.7. The zero-order valence-corrected chi connectivity index (χ0v) is 14.9. The monoisotopic (exact) mass is 380 g/mol. The molecule has 1 heterocycles. The zero-order chi connectivity index (χ0) is 19.7. The maximum atomic E-state index is 11.8. The quantitative estimate of drug-likeness (QED) is 0.328. The maximum Gasteiger partial charge on any atom is 0.306 e. The molecule has 0 aliphatic carbocycles. The summed E-state index contributed by atoms with van der Waals surface area (Å²) in [4.78, 5) is 22.7. The molecule has 0 aromatic carbocycles. The molecule has 0 aromatic rings. The maximum absolute atomic E-state index is 11.8. The summed E-state index contributed by atoms with van der Waals surface area (Å²) < 4.78 is 20.5. The molecule has 10 heteroatoms. The SMILES string of the molecule is CCCCC(=O)OC(COC(C)=O)COC1OC(CO)C(O)C(O)C1O. The van der Waals surface area contributed by atoms with Gasteiger partial charge in [0.15, 0.2) is 12.4 Å². The van der Waals surface area contributed by atoms with Crippen LogP contribution in [0.5, 0.6) is 0 Å². The fourth-order valence-electron chi connectivity index (χ4n) is 2.30. The van der Waals surface area contributed by atoms with Crippen LogP contribution in [0, 0.1) is 0 Å². The van der Waals surface area contributed by atoms with E-state index >= 15 is 0 Å². The zero-order valence-electron chi connectivity index (χ0n) is 14.9. The number of aliphatic hydroxyl groups is 4. The van der Waals surface area contributed by atoms with Crippen LogP contribution in [-0.4, -0.2) is 89.0 Å². The van der Waals surface area contributed by atoms with Crippen molar-refractivity contribution in [2.45, 2.75) is 69.9 Å². The van der Waals surface area contributed by atoms with Gasteiger partial charge in [0, 0.05) is 13.3 Å². The molecule has 6 unspecified atom stereocenters. The van der Waals surface area contributed by atoms with E-state index in [9.17, 15) is 24.9 Å². The van der Waals surface area contributed by atoms with Gasteiger partial charge < -0.3 is 39.4 Å². The molecule has 1 fully saturated rings. The first-order valence-corrected chi connectivity index (χ1v) is 8.55. The topological polar surface area (TPSA) is 152 Å². The molecule has 0 saturated carbocycles. The molecule has 4 N–H and O–H groups in total. The lowest BCUT2D eigenvalue weighted by Gasteiger charge is -2.39. The molecule has 152 valence electrons. The lowest BCUT2D eigenvalue weighted by Crippen LogP contribution is -2.59. The van der Waals surface area contributed by atoms with Crippen LogP contribution in [-0.2, 0) is 28.5 Å². The summed E-state index contributed by atoms with van der Waals surface area (Å²) in [6.45, 7) is 2.01. The minimum absolute atomic E-state index is 0.202. The number of hydrogen-bond acceptors (Lipinski definition) is 10. The lowest BCUT2D eigenvalue weighted by molar-refractivity contribution is -0.305. The first kappa shape index (κ1) is 22.7. The van der Waals surface area contributed by atoms with Crippen LogP contribution >= 0.6 is 0 Å². The van der Waals surface area contributed by atoms with E-state index < -0.39 is 55.4 Å². The molecular formula is C16H28O10. The standard InChI is InChI=1S/C16H28O10/c1-3-4-5-12(19)25-10(7-23-9(2)18)8-24-16-15(22)14(21)13(20)11(6-17)26-16/h10-11,13-17,20-22H,3-8H2,1-2H3. The minimum Gasteiger partial charge on any atom is -0.462 e. The summed E-state index contributed by atoms with van der Waals surface area (Å²) in [5.41, 5.74) is 0. The third kappa shape index (κ3) is 7.14. The summed E-state index contributed by atoms with van der Waals surface area (Å²) in [6, 6.07) is 0. The Morgan fingerprint density at radius 1 is 1.12 bits per heavy atom. The third-order valence-electron chi connectivity index (χ3n) is 3.80. The molecule has 0 spiro atoms. The largest absolute Gasteiger partial charge is 0.462 e. The van der Waals surface area contributed by atoms with Crippen LogP contribution in [0.1, 0.15) is 33.1 Å². The summed E-state index contributed by atoms with van der Waals surface area (Å²) >= 11 is 0. The van der Waals surface area contributed by atoms with Crippen molar-refractivity contribution in [3.63, 3.8) is 0 Å². The smallest absolute Gasteiger partial charge is 0.306 e. The number of rotatable bonds is 10. The second-order valence-electron chi connectivity index (χ2n) is 6.05. The van der Waals surface area contributed by atoms with Crippen LogP contribution in [0.2, 0.25) is 0 Å². The van der Waals surface area contributed by atoms with Crippen molar-refractivity contribution in [3.8, 4) is 0 Å². The normalized spacial score (nSPS) is 29.8. The van der Waals surface area contributed by atoms with E-state index in [0.717, 1.165) is 6.42 Å². The van der Waals surface area contributed by atoms with E-state index in [1.54, 1.807) is 0 Å². The van der Waals surface area contributed by atoms with E-state index in [1.165, 1.54) is 6.92 Å². The first-order chi connectivity index (χ1) is 12.3. The number of carbonyl (C=O) groups is 2. The van der Waals surface area contributed by atoms with Gasteiger partial charge in [0.05, 0.1) is 13.2 Å². The highest BCUT2D eigenvalue weighted by molar-refractivity contribution is 5.69. The Bertz CT molecular complexity index is 441. The summed E-state index contributed by atoms with van der Waals surface area (Å²) in [5, 5.41) is 38.5. The Balaban J connectivity index is 2.62. The minimum atomic E-state index is -1.58. The summed E-state index contributed by atoms with van der Waals surface area (Å²) in [5.74, 6) is -1.05. The molecule has 0 amide bonds. The molecule has 1 aliphatic heterocycles. The van der Waals surface area contributed by atoms with Gasteiger partial charge in [-0.25, -0.2) is 0 Å². The van der Waals surface area contributed by atoms with Crippen LogP contribution in [0.25, 0.3) is 0 Å². The molecule has 1 rings (SSSR count). The second kappa shape index (κ2) is 11.4. The number of carbonyl (C=O) groups excluding carboxylic acids is 2. The number of aliphatic hydroxyl groups excluding tert-OH is 4. The molecule has 0 aromatic heterocycles. The number of esters is 2. The van der Waals surface area contributed by atoms with Gasteiger partial charge in [0.2, 0.25) is 0 Å². The fraction of sp³-hybridized carbons (Fsp3) is 0.875. The van der Waals surface area contributed by atoms with Gasteiger partial charge in [0.1, 0.15) is 31.0 Å².